The summed E-state index contributed by atoms with van der Waals surface area (Å²) in [6.45, 7) is 0.172. The molecular weight excluding hydrogens is 449 g/mol. The van der Waals surface area contributed by atoms with Crippen LogP contribution in [0.3, 0.4) is 0 Å². The minimum Gasteiger partial charge on any atom is -0.462 e. The van der Waals surface area contributed by atoms with E-state index in [-0.39, 0.29) is 32.3 Å². The van der Waals surface area contributed by atoms with E-state index in [2.05, 4.69) is 0 Å². The number of carbonyl (C=O) groups is 2. The first-order chi connectivity index (χ1) is 16.1. The quantitative estimate of drug-likeness (QED) is 0.254. The molecule has 1 fully saturated rings. The van der Waals surface area contributed by atoms with Crippen molar-refractivity contribution in [2.75, 3.05) is 18.1 Å². The number of esters is 2. The molecular formula is C25H27F3N2O4. The number of hydrogen-bond donors (Lipinski definition) is 2. The SMILES string of the molecule is Nc1cc(N)cc(CCOC(=O)C=Cc2ccc(OC(=O)C3CCC(C(F)(F)F)CC3)cc2)c1. The van der Waals surface area contributed by atoms with Crippen molar-refractivity contribution >= 4 is 29.4 Å². The van der Waals surface area contributed by atoms with Gasteiger partial charge in [-0.25, -0.2) is 4.79 Å². The Hall–Kier alpha value is -3.49. The smallest absolute Gasteiger partial charge is 0.391 e. The molecule has 4 N–H and O–H groups in total. The molecule has 0 aromatic heterocycles. The molecule has 182 valence electrons. The van der Waals surface area contributed by atoms with Gasteiger partial charge in [0.2, 0.25) is 0 Å². The Kier molecular flexibility index (Phi) is 8.20. The van der Waals surface area contributed by atoms with Crippen LogP contribution in [0.1, 0.15) is 36.8 Å². The lowest BCUT2D eigenvalue weighted by atomic mass is 9.82. The van der Waals surface area contributed by atoms with Crippen LogP contribution in [0.15, 0.2) is 48.5 Å². The molecule has 0 bridgehead atoms. The minimum absolute atomic E-state index is 0.0590. The maximum atomic E-state index is 12.8. The number of halogens is 3. The van der Waals surface area contributed by atoms with Crippen LogP contribution in [0.25, 0.3) is 6.08 Å². The first kappa shape index (κ1) is 25.1. The average molecular weight is 476 g/mol. The van der Waals surface area contributed by atoms with Crippen molar-refractivity contribution in [1.29, 1.82) is 0 Å². The number of anilines is 2. The van der Waals surface area contributed by atoms with Gasteiger partial charge in [-0.3, -0.25) is 4.79 Å². The van der Waals surface area contributed by atoms with E-state index < -0.39 is 30.0 Å². The van der Waals surface area contributed by atoms with Gasteiger partial charge in [0.15, 0.2) is 0 Å². The molecule has 0 aliphatic heterocycles. The van der Waals surface area contributed by atoms with Crippen LogP contribution in [0.2, 0.25) is 0 Å². The Morgan fingerprint density at radius 1 is 0.971 bits per heavy atom. The minimum atomic E-state index is -4.21. The fourth-order valence-corrected chi connectivity index (χ4v) is 3.87. The summed E-state index contributed by atoms with van der Waals surface area (Å²) >= 11 is 0. The van der Waals surface area contributed by atoms with Gasteiger partial charge in [-0.15, -0.1) is 0 Å². The molecule has 2 aromatic carbocycles. The summed E-state index contributed by atoms with van der Waals surface area (Å²) in [5, 5.41) is 0. The second-order valence-electron chi connectivity index (χ2n) is 8.34. The zero-order valence-electron chi connectivity index (χ0n) is 18.5. The number of hydrogen-bond acceptors (Lipinski definition) is 6. The van der Waals surface area contributed by atoms with Crippen LogP contribution < -0.4 is 16.2 Å². The van der Waals surface area contributed by atoms with Gasteiger partial charge in [0.25, 0.3) is 0 Å². The van der Waals surface area contributed by atoms with Crippen molar-refractivity contribution in [1.82, 2.24) is 0 Å². The van der Waals surface area contributed by atoms with Crippen LogP contribution in [0.5, 0.6) is 5.75 Å². The Bertz CT molecular complexity index is 1010. The summed E-state index contributed by atoms with van der Waals surface area (Å²) in [5.74, 6) is -2.61. The van der Waals surface area contributed by atoms with Crippen LogP contribution in [-0.2, 0) is 20.7 Å². The topological polar surface area (TPSA) is 105 Å². The standard InChI is InChI=1S/C25H27F3N2O4/c26-25(27,28)19-6-4-18(5-7-19)24(32)34-22-8-1-16(2-9-22)3-10-23(31)33-12-11-17-13-20(29)15-21(30)14-17/h1-3,8-10,13-15,18-19H,4-7,11-12,29-30H2. The van der Waals surface area contributed by atoms with E-state index in [9.17, 15) is 22.8 Å². The van der Waals surface area contributed by atoms with Gasteiger partial charge < -0.3 is 20.9 Å². The third kappa shape index (κ3) is 7.54. The Morgan fingerprint density at radius 2 is 1.59 bits per heavy atom. The highest BCUT2D eigenvalue weighted by molar-refractivity contribution is 5.87. The molecule has 1 aliphatic carbocycles. The summed E-state index contributed by atoms with van der Waals surface area (Å²) in [5.41, 5.74) is 14.1. The molecule has 1 aliphatic rings. The highest BCUT2D eigenvalue weighted by Gasteiger charge is 2.42. The van der Waals surface area contributed by atoms with E-state index in [1.807, 2.05) is 0 Å². The maximum Gasteiger partial charge on any atom is 0.391 e. The molecule has 0 saturated heterocycles. The van der Waals surface area contributed by atoms with Crippen molar-refractivity contribution in [3.8, 4) is 5.75 Å². The predicted octanol–water partition coefficient (Wildman–Crippen LogP) is 4.92. The van der Waals surface area contributed by atoms with Gasteiger partial charge in [-0.05, 0) is 73.2 Å². The van der Waals surface area contributed by atoms with Gasteiger partial charge >= 0.3 is 18.1 Å². The van der Waals surface area contributed by atoms with Crippen molar-refractivity contribution in [3.63, 3.8) is 0 Å². The fourth-order valence-electron chi connectivity index (χ4n) is 3.87. The third-order valence-electron chi connectivity index (χ3n) is 5.71. The second kappa shape index (κ2) is 11.1. The highest BCUT2D eigenvalue weighted by atomic mass is 19.4. The Balaban J connectivity index is 1.42. The number of carbonyl (C=O) groups excluding carboxylic acids is 2. The molecule has 9 heteroatoms. The molecule has 0 atom stereocenters. The maximum absolute atomic E-state index is 12.8. The van der Waals surface area contributed by atoms with Crippen LogP contribution in [0.4, 0.5) is 24.5 Å². The summed E-state index contributed by atoms with van der Waals surface area (Å²) in [6.07, 6.45) is -0.678. The van der Waals surface area contributed by atoms with Gasteiger partial charge in [0.1, 0.15) is 5.75 Å². The Labute approximate surface area is 195 Å². The molecule has 3 rings (SSSR count). The molecule has 2 aromatic rings. The van der Waals surface area contributed by atoms with E-state index in [4.69, 9.17) is 20.9 Å². The molecule has 34 heavy (non-hydrogen) atoms. The molecule has 0 spiro atoms. The third-order valence-corrected chi connectivity index (χ3v) is 5.71. The molecule has 6 nitrogen and oxygen atoms in total. The van der Waals surface area contributed by atoms with Gasteiger partial charge in [0.05, 0.1) is 18.4 Å². The van der Waals surface area contributed by atoms with Crippen LogP contribution in [-0.4, -0.2) is 24.7 Å². The van der Waals surface area contributed by atoms with Gasteiger partial charge in [-0.2, -0.15) is 13.2 Å². The van der Waals surface area contributed by atoms with Crippen molar-refractivity contribution in [2.24, 2.45) is 11.8 Å². The molecule has 0 unspecified atom stereocenters. The first-order valence-electron chi connectivity index (χ1n) is 11.0. The summed E-state index contributed by atoms with van der Waals surface area (Å²) in [4.78, 5) is 24.2. The zero-order chi connectivity index (χ0) is 24.7. The summed E-state index contributed by atoms with van der Waals surface area (Å²) < 4.78 is 48.8. The number of nitrogens with two attached hydrogens (primary N) is 2. The first-order valence-corrected chi connectivity index (χ1v) is 11.0. The molecule has 0 radical (unpaired) electrons. The van der Waals surface area contributed by atoms with Crippen molar-refractivity contribution in [2.45, 2.75) is 38.3 Å². The van der Waals surface area contributed by atoms with Crippen molar-refractivity contribution < 1.29 is 32.2 Å². The van der Waals surface area contributed by atoms with E-state index in [1.165, 1.54) is 6.08 Å². The molecule has 0 heterocycles. The normalized spacial score (nSPS) is 18.6. The number of benzene rings is 2. The van der Waals surface area contributed by atoms with Crippen LogP contribution in [0, 0.1) is 11.8 Å². The lowest BCUT2D eigenvalue weighted by Gasteiger charge is -2.28. The lowest BCUT2D eigenvalue weighted by Crippen LogP contribution is -2.31. The Morgan fingerprint density at radius 3 is 2.18 bits per heavy atom. The number of alkyl halides is 3. The zero-order valence-corrected chi connectivity index (χ0v) is 18.5. The number of nitrogen functional groups attached to an aromatic ring is 2. The van der Waals surface area contributed by atoms with Crippen molar-refractivity contribution in [3.05, 3.63) is 59.7 Å². The van der Waals surface area contributed by atoms with E-state index >= 15 is 0 Å². The van der Waals surface area contributed by atoms with E-state index in [0.717, 1.165) is 5.56 Å². The van der Waals surface area contributed by atoms with Gasteiger partial charge in [-0.1, -0.05) is 12.1 Å². The van der Waals surface area contributed by atoms with E-state index in [1.54, 1.807) is 48.5 Å². The highest BCUT2D eigenvalue weighted by Crippen LogP contribution is 2.39. The number of rotatable bonds is 7. The predicted molar refractivity (Wildman–Crippen MR) is 123 cm³/mol. The average Bonchev–Trinajstić information content (AvgIpc) is 2.77. The second-order valence-corrected chi connectivity index (χ2v) is 8.34. The fraction of sp³-hybridized carbons (Fsp3) is 0.360. The van der Waals surface area contributed by atoms with E-state index in [0.29, 0.717) is 29.1 Å². The monoisotopic (exact) mass is 476 g/mol. The summed E-state index contributed by atoms with van der Waals surface area (Å²) in [7, 11) is 0. The lowest BCUT2D eigenvalue weighted by molar-refractivity contribution is -0.185. The largest absolute Gasteiger partial charge is 0.462 e. The molecule has 1 saturated carbocycles. The number of ether oxygens (including phenoxy) is 2. The summed E-state index contributed by atoms with van der Waals surface area (Å²) in [6, 6.07) is 11.6. The van der Waals surface area contributed by atoms with Crippen LogP contribution >= 0.6 is 0 Å². The molecule has 0 amide bonds. The van der Waals surface area contributed by atoms with Gasteiger partial charge in [0, 0.05) is 23.9 Å².